The van der Waals surface area contributed by atoms with Gasteiger partial charge < -0.3 is 9.47 Å². The molecule has 0 unspecified atom stereocenters. The predicted molar refractivity (Wildman–Crippen MR) is 115 cm³/mol. The summed E-state index contributed by atoms with van der Waals surface area (Å²) in [4.78, 5) is 24.1. The van der Waals surface area contributed by atoms with Crippen molar-refractivity contribution in [2.75, 3.05) is 7.11 Å². The highest BCUT2D eigenvalue weighted by molar-refractivity contribution is 5.98. The van der Waals surface area contributed by atoms with Gasteiger partial charge in [0.25, 0.3) is 0 Å². The van der Waals surface area contributed by atoms with Crippen LogP contribution in [-0.4, -0.2) is 19.0 Å². The van der Waals surface area contributed by atoms with Crippen LogP contribution in [0.25, 0.3) is 6.08 Å². The van der Waals surface area contributed by atoms with E-state index in [1.807, 2.05) is 48.5 Å². The van der Waals surface area contributed by atoms with Crippen molar-refractivity contribution in [3.05, 3.63) is 107 Å². The van der Waals surface area contributed by atoms with Gasteiger partial charge in [-0.1, -0.05) is 78.9 Å². The summed E-state index contributed by atoms with van der Waals surface area (Å²) < 4.78 is 10.3. The summed E-state index contributed by atoms with van der Waals surface area (Å²) in [7, 11) is 1.32. The first kappa shape index (κ1) is 19.6. The van der Waals surface area contributed by atoms with Crippen LogP contribution in [0.4, 0.5) is 0 Å². The maximum atomic E-state index is 12.5. The molecule has 4 nitrogen and oxygen atoms in total. The molecule has 30 heavy (non-hydrogen) atoms. The SMILES string of the molecule is COC(=O)c1c(OC(C)=O)ccc2c1C=CC(c1ccccc1)(c1ccccc1)C2. The molecule has 0 radical (unpaired) electrons. The van der Waals surface area contributed by atoms with Crippen molar-refractivity contribution in [1.82, 2.24) is 0 Å². The molecule has 0 amide bonds. The van der Waals surface area contributed by atoms with Crippen LogP contribution in [0.15, 0.2) is 78.9 Å². The number of methoxy groups -OCH3 is 1. The minimum Gasteiger partial charge on any atom is -0.465 e. The van der Waals surface area contributed by atoms with Gasteiger partial charge in [-0.3, -0.25) is 4.79 Å². The Morgan fingerprint density at radius 1 is 0.867 bits per heavy atom. The van der Waals surface area contributed by atoms with Gasteiger partial charge >= 0.3 is 11.9 Å². The molecule has 150 valence electrons. The van der Waals surface area contributed by atoms with E-state index in [0.29, 0.717) is 6.42 Å². The Bertz CT molecular complexity index is 1080. The molecule has 0 aromatic heterocycles. The standard InChI is InChI=1S/C26H22O4/c1-18(27)30-23-14-13-19-17-26(20-9-5-3-6-10-20,21-11-7-4-8-12-21)16-15-22(19)24(23)25(28)29-2/h3-16H,17H2,1-2H3. The zero-order chi connectivity index (χ0) is 21.1. The predicted octanol–water partition coefficient (Wildman–Crippen LogP) is 4.95. The smallest absolute Gasteiger partial charge is 0.342 e. The van der Waals surface area contributed by atoms with Crippen molar-refractivity contribution in [2.24, 2.45) is 0 Å². The molecular weight excluding hydrogens is 376 g/mol. The molecule has 4 heteroatoms. The van der Waals surface area contributed by atoms with Gasteiger partial charge in [-0.25, -0.2) is 4.79 Å². The molecule has 1 aliphatic carbocycles. The van der Waals surface area contributed by atoms with E-state index in [0.717, 1.165) is 11.1 Å². The van der Waals surface area contributed by atoms with Crippen LogP contribution in [-0.2, 0) is 21.4 Å². The van der Waals surface area contributed by atoms with E-state index < -0.39 is 11.9 Å². The lowest BCUT2D eigenvalue weighted by atomic mass is 9.67. The number of carbonyl (C=O) groups excluding carboxylic acids is 2. The Labute approximate surface area is 175 Å². The second-order valence-electron chi connectivity index (χ2n) is 7.31. The van der Waals surface area contributed by atoms with Crippen LogP contribution >= 0.6 is 0 Å². The number of fused-ring (bicyclic) bond motifs is 1. The van der Waals surface area contributed by atoms with Gasteiger partial charge in [0, 0.05) is 12.3 Å². The van der Waals surface area contributed by atoms with Gasteiger partial charge in [0.2, 0.25) is 0 Å². The molecule has 0 fully saturated rings. The first-order valence-electron chi connectivity index (χ1n) is 9.78. The number of allylic oxidation sites excluding steroid dienone is 1. The molecule has 4 rings (SSSR count). The number of benzene rings is 3. The van der Waals surface area contributed by atoms with Gasteiger partial charge in [0.1, 0.15) is 11.3 Å². The number of hydrogen-bond donors (Lipinski definition) is 0. The summed E-state index contributed by atoms with van der Waals surface area (Å²) in [6, 6.07) is 24.2. The van der Waals surface area contributed by atoms with Crippen LogP contribution in [0.2, 0.25) is 0 Å². The topological polar surface area (TPSA) is 52.6 Å². The fourth-order valence-electron chi connectivity index (χ4n) is 4.16. The summed E-state index contributed by atoms with van der Waals surface area (Å²) in [6.07, 6.45) is 4.74. The van der Waals surface area contributed by atoms with Crippen molar-refractivity contribution < 1.29 is 19.1 Å². The van der Waals surface area contributed by atoms with Crippen molar-refractivity contribution >= 4 is 18.0 Å². The fourth-order valence-corrected chi connectivity index (χ4v) is 4.16. The van der Waals surface area contributed by atoms with Crippen LogP contribution in [0.3, 0.4) is 0 Å². The normalized spacial score (nSPS) is 13.9. The minimum absolute atomic E-state index is 0.213. The molecular formula is C26H22O4. The lowest BCUT2D eigenvalue weighted by Gasteiger charge is -2.36. The third kappa shape index (κ3) is 3.41. The lowest BCUT2D eigenvalue weighted by Crippen LogP contribution is -2.31. The maximum Gasteiger partial charge on any atom is 0.342 e. The Morgan fingerprint density at radius 2 is 1.47 bits per heavy atom. The molecule has 0 saturated carbocycles. The Hall–Kier alpha value is -3.66. The third-order valence-corrected chi connectivity index (χ3v) is 5.52. The summed E-state index contributed by atoms with van der Waals surface area (Å²) in [5.41, 5.74) is 3.95. The molecule has 0 atom stereocenters. The Balaban J connectivity index is 1.91. The number of esters is 2. The molecule has 3 aromatic rings. The highest BCUT2D eigenvalue weighted by Crippen LogP contribution is 2.43. The molecule has 3 aromatic carbocycles. The third-order valence-electron chi connectivity index (χ3n) is 5.52. The molecule has 0 aliphatic heterocycles. The molecule has 1 aliphatic rings. The maximum absolute atomic E-state index is 12.5. The van der Waals surface area contributed by atoms with Crippen LogP contribution < -0.4 is 4.74 Å². The van der Waals surface area contributed by atoms with E-state index in [1.165, 1.54) is 25.2 Å². The van der Waals surface area contributed by atoms with E-state index in [1.54, 1.807) is 6.07 Å². The van der Waals surface area contributed by atoms with Crippen molar-refractivity contribution in [3.63, 3.8) is 0 Å². The molecule has 0 heterocycles. The van der Waals surface area contributed by atoms with Crippen LogP contribution in [0.1, 0.15) is 39.5 Å². The molecule has 0 N–H and O–H groups in total. The highest BCUT2D eigenvalue weighted by Gasteiger charge is 2.36. The van der Waals surface area contributed by atoms with Crippen molar-refractivity contribution in [2.45, 2.75) is 18.8 Å². The van der Waals surface area contributed by atoms with Gasteiger partial charge in [-0.05, 0) is 34.7 Å². The quantitative estimate of drug-likeness (QED) is 0.461. The van der Waals surface area contributed by atoms with Crippen LogP contribution in [0, 0.1) is 0 Å². The Morgan fingerprint density at radius 3 is 2.00 bits per heavy atom. The van der Waals surface area contributed by atoms with E-state index >= 15 is 0 Å². The molecule has 0 bridgehead atoms. The average molecular weight is 398 g/mol. The van der Waals surface area contributed by atoms with E-state index in [2.05, 4.69) is 30.3 Å². The lowest BCUT2D eigenvalue weighted by molar-refractivity contribution is -0.131. The number of hydrogen-bond acceptors (Lipinski definition) is 4. The molecule has 0 saturated heterocycles. The van der Waals surface area contributed by atoms with E-state index in [4.69, 9.17) is 9.47 Å². The van der Waals surface area contributed by atoms with Gasteiger partial charge in [0.15, 0.2) is 0 Å². The summed E-state index contributed by atoms with van der Waals surface area (Å²) in [5, 5.41) is 0. The van der Waals surface area contributed by atoms with Crippen LogP contribution in [0.5, 0.6) is 5.75 Å². The summed E-state index contributed by atoms with van der Waals surface area (Å²) in [6.45, 7) is 1.31. The van der Waals surface area contributed by atoms with Gasteiger partial charge in [-0.15, -0.1) is 0 Å². The van der Waals surface area contributed by atoms with E-state index in [-0.39, 0.29) is 16.7 Å². The zero-order valence-corrected chi connectivity index (χ0v) is 16.9. The monoisotopic (exact) mass is 398 g/mol. The van der Waals surface area contributed by atoms with Gasteiger partial charge in [0.05, 0.1) is 7.11 Å². The van der Waals surface area contributed by atoms with Crippen molar-refractivity contribution in [3.8, 4) is 5.75 Å². The first-order valence-corrected chi connectivity index (χ1v) is 9.78. The summed E-state index contributed by atoms with van der Waals surface area (Å²) in [5.74, 6) is -0.799. The second kappa shape index (κ2) is 7.99. The van der Waals surface area contributed by atoms with E-state index in [9.17, 15) is 9.59 Å². The number of rotatable bonds is 4. The Kier molecular flexibility index (Phi) is 5.23. The minimum atomic E-state index is -0.528. The average Bonchev–Trinajstić information content (AvgIpc) is 2.79. The largest absolute Gasteiger partial charge is 0.465 e. The summed E-state index contributed by atoms with van der Waals surface area (Å²) >= 11 is 0. The first-order chi connectivity index (χ1) is 14.5. The second-order valence-corrected chi connectivity index (χ2v) is 7.31. The highest BCUT2D eigenvalue weighted by atomic mass is 16.5. The molecule has 0 spiro atoms. The van der Waals surface area contributed by atoms with Gasteiger partial charge in [-0.2, -0.15) is 0 Å². The fraction of sp³-hybridized carbons (Fsp3) is 0.154. The number of ether oxygens (including phenoxy) is 2. The van der Waals surface area contributed by atoms with Crippen molar-refractivity contribution in [1.29, 1.82) is 0 Å². The number of carbonyl (C=O) groups is 2. The zero-order valence-electron chi connectivity index (χ0n) is 16.9.